The Hall–Kier alpha value is -2.64. The van der Waals surface area contributed by atoms with Gasteiger partial charge in [-0.25, -0.2) is 4.98 Å². The topological polar surface area (TPSA) is 59.7 Å². The molecule has 3 heterocycles. The molecule has 0 unspecified atom stereocenters. The number of hydrogen-bond donors (Lipinski definition) is 0. The van der Waals surface area contributed by atoms with E-state index in [2.05, 4.69) is 44.6 Å². The summed E-state index contributed by atoms with van der Waals surface area (Å²) in [7, 11) is 0. The van der Waals surface area contributed by atoms with E-state index in [1.54, 1.807) is 4.80 Å². The number of tetrazole rings is 1. The average molecular weight is 376 g/mol. The normalized spacial score (nSPS) is 18.1. The second-order valence-corrected chi connectivity index (χ2v) is 7.99. The Kier molecular flexibility index (Phi) is 4.39. The first-order valence-electron chi connectivity index (χ1n) is 9.26. The predicted octanol–water partition coefficient (Wildman–Crippen LogP) is 3.79. The van der Waals surface area contributed by atoms with Crippen molar-refractivity contribution in [1.29, 1.82) is 0 Å². The van der Waals surface area contributed by atoms with Crippen molar-refractivity contribution in [3.63, 3.8) is 0 Å². The van der Waals surface area contributed by atoms with E-state index in [4.69, 9.17) is 4.98 Å². The van der Waals surface area contributed by atoms with Gasteiger partial charge in [0.25, 0.3) is 0 Å². The Labute approximate surface area is 161 Å². The Bertz CT molecular complexity index is 1010. The zero-order valence-corrected chi connectivity index (χ0v) is 15.7. The number of benzene rings is 2. The van der Waals surface area contributed by atoms with Crippen molar-refractivity contribution in [2.24, 2.45) is 0 Å². The molecule has 0 saturated carbocycles. The van der Waals surface area contributed by atoms with Crippen LogP contribution in [0.15, 0.2) is 54.6 Å². The number of rotatable bonds is 4. The van der Waals surface area contributed by atoms with Crippen molar-refractivity contribution >= 4 is 21.6 Å². The van der Waals surface area contributed by atoms with Gasteiger partial charge in [0, 0.05) is 18.0 Å². The summed E-state index contributed by atoms with van der Waals surface area (Å²) in [5.74, 6) is 1.16. The minimum Gasteiger partial charge on any atom is -0.282 e. The lowest BCUT2D eigenvalue weighted by atomic mass is 9.99. The summed E-state index contributed by atoms with van der Waals surface area (Å²) in [5, 5.41) is 14.2. The Balaban J connectivity index is 1.29. The molecule has 7 heteroatoms. The highest BCUT2D eigenvalue weighted by Gasteiger charge is 2.24. The van der Waals surface area contributed by atoms with Gasteiger partial charge in [0.05, 0.1) is 15.2 Å². The van der Waals surface area contributed by atoms with Gasteiger partial charge >= 0.3 is 0 Å². The number of aromatic nitrogens is 5. The molecule has 2 aromatic carbocycles. The lowest BCUT2D eigenvalue weighted by molar-refractivity contribution is 0.147. The summed E-state index contributed by atoms with van der Waals surface area (Å²) < 4.78 is 1.27. The third kappa shape index (κ3) is 3.48. The van der Waals surface area contributed by atoms with Gasteiger partial charge in [0.2, 0.25) is 5.82 Å². The van der Waals surface area contributed by atoms with Crippen molar-refractivity contribution in [3.8, 4) is 11.4 Å². The van der Waals surface area contributed by atoms with Crippen molar-refractivity contribution < 1.29 is 0 Å². The predicted molar refractivity (Wildman–Crippen MR) is 106 cm³/mol. The van der Waals surface area contributed by atoms with E-state index in [0.29, 0.717) is 18.4 Å². The quantitative estimate of drug-likeness (QED) is 0.542. The molecule has 136 valence electrons. The summed E-state index contributed by atoms with van der Waals surface area (Å²) >= 11 is 1.83. The van der Waals surface area contributed by atoms with Crippen LogP contribution in [0, 0.1) is 0 Å². The van der Waals surface area contributed by atoms with E-state index in [1.165, 1.54) is 22.5 Å². The number of hydrogen-bond acceptors (Lipinski definition) is 6. The Morgan fingerprint density at radius 2 is 1.89 bits per heavy atom. The summed E-state index contributed by atoms with van der Waals surface area (Å²) in [5.41, 5.74) is 2.11. The molecule has 0 bridgehead atoms. The molecule has 5 rings (SSSR count). The molecule has 0 aliphatic carbocycles. The first-order valence-corrected chi connectivity index (χ1v) is 10.1. The number of para-hydroxylation sites is 1. The molecule has 0 amide bonds. The number of piperidine rings is 1. The lowest BCUT2D eigenvalue weighted by Crippen LogP contribution is -2.36. The smallest absolute Gasteiger partial charge is 0.204 e. The van der Waals surface area contributed by atoms with Gasteiger partial charge < -0.3 is 0 Å². The van der Waals surface area contributed by atoms with Crippen LogP contribution >= 0.6 is 11.3 Å². The molecule has 2 aromatic heterocycles. The van der Waals surface area contributed by atoms with E-state index in [9.17, 15) is 0 Å². The standard InChI is InChI=1S/C20H20N6S/c1-2-7-15(8-3-1)19-22-24-26(23-19)14-25-12-6-9-16(13-25)20-21-17-10-4-5-11-18(17)27-20/h1-5,7-8,10-11,16H,6,9,12-14H2/t16-/m1/s1. The molecule has 0 N–H and O–H groups in total. The second-order valence-electron chi connectivity index (χ2n) is 6.93. The summed E-state index contributed by atoms with van der Waals surface area (Å²) in [6.07, 6.45) is 2.36. The Morgan fingerprint density at radius 3 is 2.78 bits per heavy atom. The minimum atomic E-state index is 0.480. The van der Waals surface area contributed by atoms with Crippen LogP contribution in [0.1, 0.15) is 23.8 Å². The molecule has 1 saturated heterocycles. The van der Waals surface area contributed by atoms with Crippen LogP contribution in [0.3, 0.4) is 0 Å². The lowest BCUT2D eigenvalue weighted by Gasteiger charge is -2.30. The average Bonchev–Trinajstić information content (AvgIpc) is 3.36. The van der Waals surface area contributed by atoms with Crippen molar-refractivity contribution in [2.75, 3.05) is 13.1 Å². The molecule has 0 spiro atoms. The van der Waals surface area contributed by atoms with Gasteiger partial charge in [-0.15, -0.1) is 26.3 Å². The van der Waals surface area contributed by atoms with Gasteiger partial charge in [-0.2, -0.15) is 0 Å². The van der Waals surface area contributed by atoms with Crippen LogP contribution in [-0.4, -0.2) is 43.2 Å². The van der Waals surface area contributed by atoms with E-state index < -0.39 is 0 Å². The molecule has 27 heavy (non-hydrogen) atoms. The van der Waals surface area contributed by atoms with Gasteiger partial charge in [-0.3, -0.25) is 4.90 Å². The van der Waals surface area contributed by atoms with Crippen molar-refractivity contribution in [3.05, 3.63) is 59.6 Å². The first-order chi connectivity index (χ1) is 13.3. The number of nitrogens with zero attached hydrogens (tertiary/aromatic N) is 6. The second kappa shape index (κ2) is 7.17. The third-order valence-corrected chi connectivity index (χ3v) is 6.18. The van der Waals surface area contributed by atoms with Crippen LogP contribution in [0.2, 0.25) is 0 Å². The molecule has 4 aromatic rings. The van der Waals surface area contributed by atoms with E-state index >= 15 is 0 Å². The van der Waals surface area contributed by atoms with E-state index in [0.717, 1.165) is 24.2 Å². The van der Waals surface area contributed by atoms with Crippen LogP contribution < -0.4 is 0 Å². The van der Waals surface area contributed by atoms with E-state index in [1.807, 2.05) is 41.7 Å². The van der Waals surface area contributed by atoms with Crippen LogP contribution in [-0.2, 0) is 6.67 Å². The Morgan fingerprint density at radius 1 is 1.04 bits per heavy atom. The summed E-state index contributed by atoms with van der Waals surface area (Å²) in [6.45, 7) is 2.72. The third-order valence-electron chi connectivity index (χ3n) is 4.98. The highest BCUT2D eigenvalue weighted by molar-refractivity contribution is 7.18. The van der Waals surface area contributed by atoms with Crippen molar-refractivity contribution in [2.45, 2.75) is 25.4 Å². The summed E-state index contributed by atoms with van der Waals surface area (Å²) in [4.78, 5) is 8.96. The monoisotopic (exact) mass is 376 g/mol. The SMILES string of the molecule is c1ccc(-c2nnn(CN3CCC[C@@H](c4nc5ccccc5s4)C3)n2)cc1. The van der Waals surface area contributed by atoms with Gasteiger partial charge in [0.1, 0.15) is 6.67 Å². The van der Waals surface area contributed by atoms with Gasteiger partial charge in [-0.1, -0.05) is 42.5 Å². The highest BCUT2D eigenvalue weighted by atomic mass is 32.1. The van der Waals surface area contributed by atoms with Crippen LogP contribution in [0.4, 0.5) is 0 Å². The summed E-state index contributed by atoms with van der Waals surface area (Å²) in [6, 6.07) is 18.4. The van der Waals surface area contributed by atoms with Gasteiger partial charge in [-0.05, 0) is 36.7 Å². The zero-order chi connectivity index (χ0) is 18.1. The number of thiazole rings is 1. The fourth-order valence-electron chi connectivity index (χ4n) is 3.64. The van der Waals surface area contributed by atoms with Crippen LogP contribution in [0.25, 0.3) is 21.6 Å². The fraction of sp³-hybridized carbons (Fsp3) is 0.300. The van der Waals surface area contributed by atoms with Crippen LogP contribution in [0.5, 0.6) is 0 Å². The maximum Gasteiger partial charge on any atom is 0.204 e. The molecule has 1 aliphatic rings. The molecule has 1 aliphatic heterocycles. The largest absolute Gasteiger partial charge is 0.282 e. The number of likely N-dealkylation sites (tertiary alicyclic amines) is 1. The molecule has 1 atom stereocenters. The highest BCUT2D eigenvalue weighted by Crippen LogP contribution is 2.33. The van der Waals surface area contributed by atoms with Crippen molar-refractivity contribution in [1.82, 2.24) is 30.1 Å². The van der Waals surface area contributed by atoms with Gasteiger partial charge in [0.15, 0.2) is 0 Å². The minimum absolute atomic E-state index is 0.480. The molecule has 1 fully saturated rings. The zero-order valence-electron chi connectivity index (χ0n) is 14.9. The maximum absolute atomic E-state index is 4.86. The first kappa shape index (κ1) is 16.5. The fourth-order valence-corrected chi connectivity index (χ4v) is 4.73. The molecular weight excluding hydrogens is 356 g/mol. The molecular formula is C20H20N6S. The van der Waals surface area contributed by atoms with E-state index in [-0.39, 0.29) is 0 Å². The molecule has 0 radical (unpaired) electrons. The molecule has 6 nitrogen and oxygen atoms in total. The maximum atomic E-state index is 4.86. The number of fused-ring (bicyclic) bond motifs is 1.